The van der Waals surface area contributed by atoms with Crippen LogP contribution >= 0.6 is 0 Å². The Balaban J connectivity index is 1.81. The van der Waals surface area contributed by atoms with Gasteiger partial charge in [0.15, 0.2) is 0 Å². The average molecular weight is 428 g/mol. The Bertz CT molecular complexity index is 854. The van der Waals surface area contributed by atoms with Gasteiger partial charge in [-0.15, -0.1) is 0 Å². The standard InChI is InChI=1S/C24H33N3O4/c1-16-21(24(30)26(2)3)13-18(14-22(28)25-19-7-5-6-8-19)23(29)27(16)15-17-9-11-20(31-4)12-10-17/h9-12,18-19H,5-8,13-15H2,1-4H3,(H,25,28). The third-order valence-corrected chi connectivity index (χ3v) is 6.22. The molecule has 0 bridgehead atoms. The molecule has 1 unspecified atom stereocenters. The quantitative estimate of drug-likeness (QED) is 0.726. The van der Waals surface area contributed by atoms with Gasteiger partial charge in [0, 0.05) is 37.8 Å². The number of carbonyl (C=O) groups excluding carboxylic acids is 3. The normalized spacial score (nSPS) is 19.5. The van der Waals surface area contributed by atoms with E-state index >= 15 is 0 Å². The van der Waals surface area contributed by atoms with Crippen LogP contribution in [0.3, 0.4) is 0 Å². The van der Waals surface area contributed by atoms with Crippen molar-refractivity contribution in [1.82, 2.24) is 15.1 Å². The predicted octanol–water partition coefficient (Wildman–Crippen LogP) is 2.85. The Morgan fingerprint density at radius 2 is 1.81 bits per heavy atom. The zero-order valence-corrected chi connectivity index (χ0v) is 18.9. The van der Waals surface area contributed by atoms with Gasteiger partial charge in [0.05, 0.1) is 19.6 Å². The van der Waals surface area contributed by atoms with Crippen molar-refractivity contribution in [1.29, 1.82) is 0 Å². The Hall–Kier alpha value is -2.83. The topological polar surface area (TPSA) is 79.0 Å². The van der Waals surface area contributed by atoms with Crippen molar-refractivity contribution < 1.29 is 19.1 Å². The monoisotopic (exact) mass is 427 g/mol. The molecule has 1 saturated carbocycles. The third-order valence-electron chi connectivity index (χ3n) is 6.22. The fourth-order valence-electron chi connectivity index (χ4n) is 4.39. The maximum absolute atomic E-state index is 13.3. The van der Waals surface area contributed by atoms with Gasteiger partial charge >= 0.3 is 0 Å². The summed E-state index contributed by atoms with van der Waals surface area (Å²) in [6, 6.07) is 7.72. The minimum atomic E-state index is -0.540. The lowest BCUT2D eigenvalue weighted by Gasteiger charge is -2.35. The highest BCUT2D eigenvalue weighted by Gasteiger charge is 2.37. The van der Waals surface area contributed by atoms with Crippen LogP contribution in [0.15, 0.2) is 35.5 Å². The smallest absolute Gasteiger partial charge is 0.251 e. The van der Waals surface area contributed by atoms with Gasteiger partial charge in [0.1, 0.15) is 5.75 Å². The minimum absolute atomic E-state index is 0.103. The Morgan fingerprint density at radius 1 is 1.16 bits per heavy atom. The molecule has 1 N–H and O–H groups in total. The molecular formula is C24H33N3O4. The molecule has 0 spiro atoms. The molecule has 0 radical (unpaired) electrons. The number of carbonyl (C=O) groups is 3. The van der Waals surface area contributed by atoms with E-state index in [9.17, 15) is 14.4 Å². The molecule has 31 heavy (non-hydrogen) atoms. The molecular weight excluding hydrogens is 394 g/mol. The Kier molecular flexibility index (Phi) is 7.36. The molecule has 0 aromatic heterocycles. The first-order chi connectivity index (χ1) is 14.8. The van der Waals surface area contributed by atoms with Crippen molar-refractivity contribution >= 4 is 17.7 Å². The molecule has 1 heterocycles. The van der Waals surface area contributed by atoms with Crippen LogP contribution in [0, 0.1) is 5.92 Å². The number of allylic oxidation sites excluding steroid dienone is 1. The number of hydrogen-bond donors (Lipinski definition) is 1. The minimum Gasteiger partial charge on any atom is -0.497 e. The van der Waals surface area contributed by atoms with Crippen LogP contribution in [0.5, 0.6) is 5.75 Å². The summed E-state index contributed by atoms with van der Waals surface area (Å²) in [6.45, 7) is 2.16. The van der Waals surface area contributed by atoms with E-state index in [-0.39, 0.29) is 30.2 Å². The molecule has 3 amide bonds. The molecule has 0 saturated heterocycles. The van der Waals surface area contributed by atoms with Crippen LogP contribution < -0.4 is 10.1 Å². The summed E-state index contributed by atoms with van der Waals surface area (Å²) in [5.74, 6) is -0.129. The van der Waals surface area contributed by atoms with Gasteiger partial charge in [-0.1, -0.05) is 25.0 Å². The van der Waals surface area contributed by atoms with Crippen LogP contribution in [0.25, 0.3) is 0 Å². The van der Waals surface area contributed by atoms with Gasteiger partial charge in [0.2, 0.25) is 11.8 Å². The van der Waals surface area contributed by atoms with E-state index in [0.717, 1.165) is 37.0 Å². The number of benzene rings is 1. The maximum atomic E-state index is 13.3. The van der Waals surface area contributed by atoms with Crippen LogP contribution in [-0.4, -0.2) is 54.8 Å². The van der Waals surface area contributed by atoms with Crippen LogP contribution in [0.2, 0.25) is 0 Å². The summed E-state index contributed by atoms with van der Waals surface area (Å²) in [7, 11) is 5.01. The first kappa shape index (κ1) is 22.8. The lowest BCUT2D eigenvalue weighted by molar-refractivity contribution is -0.139. The van der Waals surface area contributed by atoms with E-state index < -0.39 is 5.92 Å². The zero-order valence-electron chi connectivity index (χ0n) is 18.9. The van der Waals surface area contributed by atoms with Gasteiger partial charge < -0.3 is 19.9 Å². The fourth-order valence-corrected chi connectivity index (χ4v) is 4.39. The molecule has 3 rings (SSSR count). The second-order valence-electron chi connectivity index (χ2n) is 8.69. The van der Waals surface area contributed by atoms with Crippen molar-refractivity contribution in [3.63, 3.8) is 0 Å². The van der Waals surface area contributed by atoms with Crippen molar-refractivity contribution in [2.24, 2.45) is 5.92 Å². The number of ether oxygens (including phenoxy) is 1. The second kappa shape index (κ2) is 9.98. The molecule has 1 aromatic rings. The highest BCUT2D eigenvalue weighted by molar-refractivity contribution is 5.98. The van der Waals surface area contributed by atoms with Gasteiger partial charge in [-0.05, 0) is 43.9 Å². The summed E-state index contributed by atoms with van der Waals surface area (Å²) in [6.07, 6.45) is 4.65. The van der Waals surface area contributed by atoms with E-state index in [1.807, 2.05) is 31.2 Å². The highest BCUT2D eigenvalue weighted by atomic mass is 16.5. The SMILES string of the molecule is COc1ccc(CN2C(=O)C(CC(=O)NC3CCCC3)CC(C(=O)N(C)C)=C2C)cc1. The molecule has 168 valence electrons. The van der Waals surface area contributed by atoms with Gasteiger partial charge in [-0.2, -0.15) is 0 Å². The van der Waals surface area contributed by atoms with E-state index in [1.54, 1.807) is 26.1 Å². The first-order valence-electron chi connectivity index (χ1n) is 10.9. The van der Waals surface area contributed by atoms with Gasteiger partial charge in [0.25, 0.3) is 5.91 Å². The van der Waals surface area contributed by atoms with Gasteiger partial charge in [-0.3, -0.25) is 14.4 Å². The summed E-state index contributed by atoms with van der Waals surface area (Å²) in [4.78, 5) is 42.0. The molecule has 1 aromatic carbocycles. The Morgan fingerprint density at radius 3 is 2.39 bits per heavy atom. The molecule has 7 heteroatoms. The van der Waals surface area contributed by atoms with Crippen LogP contribution in [-0.2, 0) is 20.9 Å². The molecule has 1 aliphatic carbocycles. The summed E-state index contributed by atoms with van der Waals surface area (Å²) < 4.78 is 5.21. The van der Waals surface area contributed by atoms with E-state index in [2.05, 4.69) is 5.32 Å². The van der Waals surface area contributed by atoms with Crippen LogP contribution in [0.1, 0.15) is 51.0 Å². The number of rotatable bonds is 7. The second-order valence-corrected chi connectivity index (χ2v) is 8.69. The molecule has 1 fully saturated rings. The lowest BCUT2D eigenvalue weighted by Crippen LogP contribution is -2.44. The summed E-state index contributed by atoms with van der Waals surface area (Å²) >= 11 is 0. The average Bonchev–Trinajstić information content (AvgIpc) is 3.26. The first-order valence-corrected chi connectivity index (χ1v) is 10.9. The number of likely N-dealkylation sites (N-methyl/N-ethyl adjacent to an activating group) is 1. The maximum Gasteiger partial charge on any atom is 0.251 e. The molecule has 1 aliphatic heterocycles. The third kappa shape index (κ3) is 5.46. The van der Waals surface area contributed by atoms with E-state index in [0.29, 0.717) is 24.2 Å². The van der Waals surface area contributed by atoms with Crippen molar-refractivity contribution in [2.75, 3.05) is 21.2 Å². The highest BCUT2D eigenvalue weighted by Crippen LogP contribution is 2.32. The number of amides is 3. The number of methoxy groups -OCH3 is 1. The summed E-state index contributed by atoms with van der Waals surface area (Å²) in [5, 5.41) is 3.07. The number of nitrogens with zero attached hydrogens (tertiary/aromatic N) is 2. The van der Waals surface area contributed by atoms with E-state index in [1.165, 1.54) is 4.90 Å². The molecule has 1 atom stereocenters. The van der Waals surface area contributed by atoms with Crippen molar-refractivity contribution in [2.45, 2.75) is 58.0 Å². The Labute approximate surface area is 184 Å². The molecule has 2 aliphatic rings. The van der Waals surface area contributed by atoms with Gasteiger partial charge in [-0.25, -0.2) is 0 Å². The largest absolute Gasteiger partial charge is 0.497 e. The summed E-state index contributed by atoms with van der Waals surface area (Å²) in [5.41, 5.74) is 2.19. The predicted molar refractivity (Wildman–Crippen MR) is 118 cm³/mol. The van der Waals surface area contributed by atoms with Crippen molar-refractivity contribution in [3.8, 4) is 5.75 Å². The van der Waals surface area contributed by atoms with Crippen molar-refractivity contribution in [3.05, 3.63) is 41.1 Å². The fraction of sp³-hybridized carbons (Fsp3) is 0.542. The number of nitrogens with one attached hydrogen (secondary N) is 1. The zero-order chi connectivity index (χ0) is 22.5. The molecule has 7 nitrogen and oxygen atoms in total. The lowest BCUT2D eigenvalue weighted by atomic mass is 9.88. The van der Waals surface area contributed by atoms with Crippen LogP contribution in [0.4, 0.5) is 0 Å². The number of hydrogen-bond acceptors (Lipinski definition) is 4. The van der Waals surface area contributed by atoms with E-state index in [4.69, 9.17) is 4.74 Å².